The van der Waals surface area contributed by atoms with Gasteiger partial charge in [-0.05, 0) is 116 Å². The van der Waals surface area contributed by atoms with E-state index >= 15 is 0 Å². The molecule has 8 heteroatoms. The number of hydrogen-bond acceptors (Lipinski definition) is 6. The van der Waals surface area contributed by atoms with Gasteiger partial charge in [0.05, 0.1) is 6.10 Å². The Hall–Kier alpha value is -2.61. The van der Waals surface area contributed by atoms with Crippen LogP contribution in [0, 0.1) is 40.4 Å². The van der Waals surface area contributed by atoms with E-state index in [0.717, 1.165) is 63.4 Å². The number of carboxylic acid groups (broad SMARTS) is 2. The fourth-order valence-electron chi connectivity index (χ4n) is 9.29. The maximum absolute atomic E-state index is 12.5. The van der Waals surface area contributed by atoms with E-state index in [9.17, 15) is 19.5 Å². The molecule has 4 saturated carbocycles. The van der Waals surface area contributed by atoms with E-state index in [1.807, 2.05) is 12.1 Å². The number of carboxylic acids is 2. The van der Waals surface area contributed by atoms with Crippen LogP contribution in [0.4, 0.5) is 0 Å². The fraction of sp³-hybridized carbons (Fsp3) is 0.719. The predicted molar refractivity (Wildman–Crippen MR) is 147 cm³/mol. The van der Waals surface area contributed by atoms with Crippen LogP contribution in [-0.2, 0) is 20.8 Å². The molecule has 1 aromatic carbocycles. The average molecular weight is 557 g/mol. The molecule has 0 amide bonds. The number of ketones is 1. The number of aryl methyl sites for hydroxylation is 1. The Morgan fingerprint density at radius 3 is 2.23 bits per heavy atom. The molecule has 0 bridgehead atoms. The summed E-state index contributed by atoms with van der Waals surface area (Å²) in [4.78, 5) is 34.6. The summed E-state index contributed by atoms with van der Waals surface area (Å²) in [6, 6.07) is 5.14. The van der Waals surface area contributed by atoms with Gasteiger partial charge in [0, 0.05) is 18.9 Å². The number of Topliss-reactive ketones (excluding diaryl/α,β-unsaturated/α-hetero) is 1. The highest BCUT2D eigenvalue weighted by Gasteiger charge is 2.62. The molecule has 0 unspecified atom stereocenters. The molecule has 8 atom stereocenters. The van der Waals surface area contributed by atoms with Gasteiger partial charge in [0.1, 0.15) is 17.3 Å². The average Bonchev–Trinajstić information content (AvgIpc) is 3.21. The highest BCUT2D eigenvalue weighted by Crippen LogP contribution is 2.67. The summed E-state index contributed by atoms with van der Waals surface area (Å²) < 4.78 is 10.8. The summed E-state index contributed by atoms with van der Waals surface area (Å²) in [5.41, 5.74) is 1.10. The van der Waals surface area contributed by atoms with Gasteiger partial charge < -0.3 is 24.8 Å². The number of aliphatic hydroxyl groups is 1. The fourth-order valence-corrected chi connectivity index (χ4v) is 9.29. The first kappa shape index (κ1) is 28.9. The van der Waals surface area contributed by atoms with Crippen molar-refractivity contribution in [2.24, 2.45) is 40.4 Å². The molecule has 0 spiro atoms. The first-order chi connectivity index (χ1) is 19.0. The van der Waals surface area contributed by atoms with Gasteiger partial charge in [0.2, 0.25) is 0 Å². The Kier molecular flexibility index (Phi) is 8.20. The quantitative estimate of drug-likeness (QED) is 0.361. The van der Waals surface area contributed by atoms with Crippen LogP contribution in [-0.4, -0.2) is 52.4 Å². The lowest BCUT2D eigenvalue weighted by atomic mass is 9.42. The summed E-state index contributed by atoms with van der Waals surface area (Å²) in [5.74, 6) is 1.52. The molecule has 220 valence electrons. The van der Waals surface area contributed by atoms with Gasteiger partial charge in [-0.1, -0.05) is 13.8 Å². The van der Waals surface area contributed by atoms with Gasteiger partial charge in [0.25, 0.3) is 0 Å². The summed E-state index contributed by atoms with van der Waals surface area (Å²) in [6.45, 7) is 3.78. The number of hydrogen-bond donors (Lipinski definition) is 3. The molecular formula is C32H44O8. The molecule has 0 aromatic heterocycles. The zero-order valence-corrected chi connectivity index (χ0v) is 23.8. The summed E-state index contributed by atoms with van der Waals surface area (Å²) in [7, 11) is 0. The summed E-state index contributed by atoms with van der Waals surface area (Å²) in [6.07, 6.45) is 10.1. The highest BCUT2D eigenvalue weighted by atomic mass is 16.5. The van der Waals surface area contributed by atoms with Crippen molar-refractivity contribution in [1.29, 1.82) is 0 Å². The monoisotopic (exact) mass is 556 g/mol. The molecule has 0 radical (unpaired) electrons. The van der Waals surface area contributed by atoms with Gasteiger partial charge in [-0.2, -0.15) is 0 Å². The zero-order valence-electron chi connectivity index (χ0n) is 23.8. The molecule has 0 heterocycles. The van der Waals surface area contributed by atoms with Crippen LogP contribution in [0.2, 0.25) is 0 Å². The van der Waals surface area contributed by atoms with E-state index in [4.69, 9.17) is 19.7 Å². The van der Waals surface area contributed by atoms with Crippen molar-refractivity contribution in [3.8, 4) is 11.5 Å². The van der Waals surface area contributed by atoms with Crippen molar-refractivity contribution in [2.75, 3.05) is 13.2 Å². The molecule has 4 aliphatic rings. The van der Waals surface area contributed by atoms with Crippen molar-refractivity contribution >= 4 is 17.7 Å². The first-order valence-corrected chi connectivity index (χ1v) is 15.0. The third kappa shape index (κ3) is 5.61. The predicted octanol–water partition coefficient (Wildman–Crippen LogP) is 5.13. The third-order valence-electron chi connectivity index (χ3n) is 11.3. The van der Waals surface area contributed by atoms with Crippen LogP contribution < -0.4 is 9.47 Å². The van der Waals surface area contributed by atoms with Crippen LogP contribution in [0.3, 0.4) is 0 Å². The molecule has 0 aliphatic heterocycles. The Balaban J connectivity index is 1.34. The lowest BCUT2D eigenvalue weighted by molar-refractivity contribution is -0.156. The van der Waals surface area contributed by atoms with Crippen LogP contribution >= 0.6 is 0 Å². The van der Waals surface area contributed by atoms with E-state index in [-0.39, 0.29) is 16.9 Å². The number of carbonyl (C=O) groups is 3. The molecule has 40 heavy (non-hydrogen) atoms. The van der Waals surface area contributed by atoms with Gasteiger partial charge in [0.15, 0.2) is 13.2 Å². The number of fused-ring (bicyclic) bond motifs is 5. The number of benzene rings is 1. The number of rotatable bonds is 10. The molecule has 3 N–H and O–H groups in total. The lowest BCUT2D eigenvalue weighted by Crippen LogP contribution is -2.57. The lowest BCUT2D eigenvalue weighted by Gasteiger charge is -2.62. The van der Waals surface area contributed by atoms with Crippen LogP contribution in [0.5, 0.6) is 11.5 Å². The number of ether oxygens (including phenoxy) is 2. The minimum absolute atomic E-state index is 0.0146. The molecule has 0 saturated heterocycles. The Bertz CT molecular complexity index is 1100. The van der Waals surface area contributed by atoms with Crippen molar-refractivity contribution in [1.82, 2.24) is 0 Å². The molecule has 8 nitrogen and oxygen atoms in total. The van der Waals surface area contributed by atoms with Crippen molar-refractivity contribution in [3.05, 3.63) is 23.8 Å². The first-order valence-electron chi connectivity index (χ1n) is 15.0. The van der Waals surface area contributed by atoms with Crippen molar-refractivity contribution < 1.29 is 39.2 Å². The van der Waals surface area contributed by atoms with Gasteiger partial charge in [-0.25, -0.2) is 9.59 Å². The topological polar surface area (TPSA) is 130 Å². The van der Waals surface area contributed by atoms with Gasteiger partial charge in [-0.15, -0.1) is 0 Å². The molecule has 4 aliphatic carbocycles. The second-order valence-electron chi connectivity index (χ2n) is 13.4. The molecular weight excluding hydrogens is 512 g/mol. The second-order valence-corrected chi connectivity index (χ2v) is 13.4. The third-order valence-corrected chi connectivity index (χ3v) is 11.3. The largest absolute Gasteiger partial charge is 0.482 e. The van der Waals surface area contributed by atoms with Gasteiger partial charge in [-0.3, -0.25) is 4.79 Å². The SMILES string of the molecule is C[C@]12CCC(=O)C[C@@H]1C[C@@H](CCCc1cc(OCC(=O)O)cc(OCC(=O)O)c1)[C@@H]1[C@@H]2CC[C@]2(C)[C@@H](O)CC[C@@H]12. The Morgan fingerprint density at radius 1 is 0.925 bits per heavy atom. The number of aliphatic carboxylic acids is 2. The van der Waals surface area contributed by atoms with Crippen LogP contribution in [0.25, 0.3) is 0 Å². The molecule has 1 aromatic rings. The van der Waals surface area contributed by atoms with E-state index in [1.165, 1.54) is 6.07 Å². The highest BCUT2D eigenvalue weighted by molar-refractivity contribution is 5.79. The van der Waals surface area contributed by atoms with Crippen LogP contribution in [0.15, 0.2) is 18.2 Å². The number of aliphatic hydroxyl groups excluding tert-OH is 1. The number of carbonyl (C=O) groups excluding carboxylic acids is 1. The standard InChI is InChI=1S/C32H44O8/c1-31-10-8-22(33)15-21(31)14-20(30-25-6-7-27(34)32(25,2)11-9-26(30)31)5-3-4-19-12-23(39-17-28(35)36)16-24(13-19)40-18-29(37)38/h12-13,16,20-21,25-27,30,34H,3-11,14-15,17-18H2,1-2H3,(H,35,36)(H,37,38)/t20-,21+,25+,26+,27+,30+,31+,32+/m1/s1. The zero-order chi connectivity index (χ0) is 28.7. The van der Waals surface area contributed by atoms with Crippen molar-refractivity contribution in [3.63, 3.8) is 0 Å². The maximum atomic E-state index is 12.5. The van der Waals surface area contributed by atoms with Gasteiger partial charge >= 0.3 is 11.9 Å². The minimum atomic E-state index is -1.09. The van der Waals surface area contributed by atoms with Crippen LogP contribution in [0.1, 0.15) is 83.6 Å². The van der Waals surface area contributed by atoms with E-state index < -0.39 is 25.2 Å². The second kappa shape index (κ2) is 11.3. The molecule has 5 rings (SSSR count). The Labute approximate surface area is 236 Å². The minimum Gasteiger partial charge on any atom is -0.482 e. The Morgan fingerprint density at radius 2 is 1.57 bits per heavy atom. The summed E-state index contributed by atoms with van der Waals surface area (Å²) in [5, 5.41) is 29.0. The van der Waals surface area contributed by atoms with E-state index in [1.54, 1.807) is 0 Å². The van der Waals surface area contributed by atoms with Crippen molar-refractivity contribution in [2.45, 2.75) is 90.6 Å². The molecule has 4 fully saturated rings. The van der Waals surface area contributed by atoms with E-state index in [0.29, 0.717) is 59.7 Å². The normalized spacial score (nSPS) is 36.7. The van der Waals surface area contributed by atoms with E-state index in [2.05, 4.69) is 13.8 Å². The smallest absolute Gasteiger partial charge is 0.341 e. The maximum Gasteiger partial charge on any atom is 0.341 e. The summed E-state index contributed by atoms with van der Waals surface area (Å²) >= 11 is 0.